The Morgan fingerprint density at radius 1 is 0.929 bits per heavy atom. The average Bonchev–Trinajstić information content (AvgIpc) is 3.22. The number of aryl methyl sites for hydroxylation is 2. The van der Waals surface area contributed by atoms with Gasteiger partial charge in [-0.15, -0.1) is 0 Å². The van der Waals surface area contributed by atoms with Crippen molar-refractivity contribution in [1.29, 1.82) is 0 Å². The number of nitrogens with one attached hydrogen (secondary N) is 2. The normalized spacial score (nSPS) is 11.3. The van der Waals surface area contributed by atoms with E-state index in [-0.39, 0.29) is 11.4 Å². The summed E-state index contributed by atoms with van der Waals surface area (Å²) in [5, 5.41) is 12.4. The van der Waals surface area contributed by atoms with E-state index in [1.807, 2.05) is 0 Å². The van der Waals surface area contributed by atoms with E-state index in [0.29, 0.717) is 17.4 Å². The van der Waals surface area contributed by atoms with Crippen LogP contribution in [0.5, 0.6) is 0 Å². The molecule has 0 fully saturated rings. The van der Waals surface area contributed by atoms with E-state index >= 15 is 0 Å². The Balaban J connectivity index is 1.66. The van der Waals surface area contributed by atoms with Crippen molar-refractivity contribution in [2.45, 2.75) is 6.18 Å². The maximum absolute atomic E-state index is 12.7. The number of nitrogens with zero attached hydrogens (tertiary/aromatic N) is 4. The van der Waals surface area contributed by atoms with E-state index in [0.717, 1.165) is 4.68 Å². The van der Waals surface area contributed by atoms with Crippen molar-refractivity contribution in [2.24, 2.45) is 14.1 Å². The Morgan fingerprint density at radius 2 is 1.50 bits per heavy atom. The zero-order valence-electron chi connectivity index (χ0n) is 14.8. The Bertz CT molecular complexity index is 1020. The molecule has 3 rings (SSSR count). The fraction of sp³-hybridized carbons (Fsp3) is 0.176. The van der Waals surface area contributed by atoms with Crippen LogP contribution in [0.1, 0.15) is 26.7 Å². The molecule has 1 aromatic carbocycles. The molecule has 0 radical (unpaired) electrons. The monoisotopic (exact) mass is 392 g/mol. The first-order valence-corrected chi connectivity index (χ1v) is 7.97. The first kappa shape index (κ1) is 19.1. The van der Waals surface area contributed by atoms with Gasteiger partial charge in [0.2, 0.25) is 0 Å². The molecule has 2 aromatic heterocycles. The first-order valence-electron chi connectivity index (χ1n) is 7.97. The summed E-state index contributed by atoms with van der Waals surface area (Å²) in [6.07, 6.45) is -3.00. The number of halogens is 3. The van der Waals surface area contributed by atoms with Gasteiger partial charge in [0.15, 0.2) is 11.4 Å². The molecular weight excluding hydrogens is 377 g/mol. The van der Waals surface area contributed by atoms with Crippen LogP contribution in [-0.4, -0.2) is 31.4 Å². The topological polar surface area (TPSA) is 93.8 Å². The Labute approximate surface area is 157 Å². The highest BCUT2D eigenvalue weighted by atomic mass is 19.4. The summed E-state index contributed by atoms with van der Waals surface area (Å²) in [6.45, 7) is 0. The lowest BCUT2D eigenvalue weighted by Crippen LogP contribution is -2.16. The SMILES string of the molecule is Cn1ccc(C(=O)Nc2ccc(NC(=O)c3cc(C(F)(F)F)nn3C)cc2)n1. The molecule has 0 bridgehead atoms. The molecule has 146 valence electrons. The van der Waals surface area contributed by atoms with Gasteiger partial charge in [-0.05, 0) is 30.3 Å². The van der Waals surface area contributed by atoms with E-state index in [1.165, 1.54) is 23.9 Å². The van der Waals surface area contributed by atoms with Gasteiger partial charge in [-0.2, -0.15) is 23.4 Å². The molecule has 2 heterocycles. The summed E-state index contributed by atoms with van der Waals surface area (Å²) >= 11 is 0. The van der Waals surface area contributed by atoms with Gasteiger partial charge < -0.3 is 10.6 Å². The molecular formula is C17H15F3N6O2. The van der Waals surface area contributed by atoms with Crippen LogP contribution in [0.3, 0.4) is 0 Å². The minimum absolute atomic E-state index is 0.236. The molecule has 2 amide bonds. The van der Waals surface area contributed by atoms with Gasteiger partial charge in [0.1, 0.15) is 5.69 Å². The van der Waals surface area contributed by atoms with E-state index in [4.69, 9.17) is 0 Å². The van der Waals surface area contributed by atoms with Gasteiger partial charge in [0, 0.05) is 37.7 Å². The van der Waals surface area contributed by atoms with Crippen molar-refractivity contribution in [3.05, 3.63) is 59.7 Å². The van der Waals surface area contributed by atoms with Gasteiger partial charge in [-0.3, -0.25) is 19.0 Å². The fourth-order valence-corrected chi connectivity index (χ4v) is 2.38. The number of carbonyl (C=O) groups excluding carboxylic acids is 2. The number of amides is 2. The number of rotatable bonds is 4. The molecule has 0 spiro atoms. The molecule has 11 heteroatoms. The average molecular weight is 392 g/mol. The number of benzene rings is 1. The van der Waals surface area contributed by atoms with E-state index in [1.54, 1.807) is 31.4 Å². The summed E-state index contributed by atoms with van der Waals surface area (Å²) in [7, 11) is 2.94. The lowest BCUT2D eigenvalue weighted by Gasteiger charge is -2.07. The van der Waals surface area contributed by atoms with Gasteiger partial charge in [-0.1, -0.05) is 0 Å². The minimum atomic E-state index is -4.64. The lowest BCUT2D eigenvalue weighted by molar-refractivity contribution is -0.141. The van der Waals surface area contributed by atoms with Gasteiger partial charge in [-0.25, -0.2) is 0 Å². The summed E-state index contributed by atoms with van der Waals surface area (Å²) in [4.78, 5) is 24.2. The van der Waals surface area contributed by atoms with E-state index in [2.05, 4.69) is 20.8 Å². The van der Waals surface area contributed by atoms with Crippen LogP contribution >= 0.6 is 0 Å². The van der Waals surface area contributed by atoms with Crippen LogP contribution in [-0.2, 0) is 20.3 Å². The Kier molecular flexibility index (Phi) is 4.91. The highest BCUT2D eigenvalue weighted by molar-refractivity contribution is 6.04. The minimum Gasteiger partial charge on any atom is -0.321 e. The molecule has 0 unspecified atom stereocenters. The number of hydrogen-bond donors (Lipinski definition) is 2. The molecule has 0 atom stereocenters. The third-order valence-corrected chi connectivity index (χ3v) is 3.75. The third kappa shape index (κ3) is 4.19. The van der Waals surface area contributed by atoms with Crippen LogP contribution in [0.2, 0.25) is 0 Å². The van der Waals surface area contributed by atoms with Crippen molar-refractivity contribution in [3.8, 4) is 0 Å². The third-order valence-electron chi connectivity index (χ3n) is 3.75. The highest BCUT2D eigenvalue weighted by Gasteiger charge is 2.35. The summed E-state index contributed by atoms with van der Waals surface area (Å²) < 4.78 is 40.4. The Hall–Kier alpha value is -3.63. The second kappa shape index (κ2) is 7.18. The molecule has 28 heavy (non-hydrogen) atoms. The van der Waals surface area contributed by atoms with Crippen LogP contribution in [0.4, 0.5) is 24.5 Å². The quantitative estimate of drug-likeness (QED) is 0.714. The van der Waals surface area contributed by atoms with Gasteiger partial charge in [0.25, 0.3) is 11.8 Å². The van der Waals surface area contributed by atoms with Gasteiger partial charge >= 0.3 is 6.18 Å². The smallest absolute Gasteiger partial charge is 0.321 e. The largest absolute Gasteiger partial charge is 0.435 e. The molecule has 0 aliphatic rings. The first-order chi connectivity index (χ1) is 13.1. The number of carbonyl (C=O) groups is 2. The standard InChI is InChI=1S/C17H15F3N6O2/c1-25-8-7-12(23-25)15(27)21-10-3-5-11(6-4-10)22-16(28)13-9-14(17(18,19)20)24-26(13)2/h3-9H,1-2H3,(H,21,27)(H,22,28). The molecule has 0 aliphatic carbocycles. The van der Waals surface area contributed by atoms with E-state index in [9.17, 15) is 22.8 Å². The van der Waals surface area contributed by atoms with Crippen molar-refractivity contribution in [1.82, 2.24) is 19.6 Å². The molecule has 0 saturated heterocycles. The summed E-state index contributed by atoms with van der Waals surface area (Å²) in [5.41, 5.74) is -0.326. The fourth-order valence-electron chi connectivity index (χ4n) is 2.38. The summed E-state index contributed by atoms with van der Waals surface area (Å²) in [6, 6.07) is 8.34. The van der Waals surface area contributed by atoms with Crippen molar-refractivity contribution < 1.29 is 22.8 Å². The zero-order chi connectivity index (χ0) is 20.5. The van der Waals surface area contributed by atoms with Crippen LogP contribution < -0.4 is 10.6 Å². The molecule has 3 aromatic rings. The van der Waals surface area contributed by atoms with Crippen LogP contribution in [0.25, 0.3) is 0 Å². The second-order valence-electron chi connectivity index (χ2n) is 5.90. The predicted molar refractivity (Wildman–Crippen MR) is 93.8 cm³/mol. The lowest BCUT2D eigenvalue weighted by atomic mass is 10.2. The summed E-state index contributed by atoms with van der Waals surface area (Å²) in [5.74, 6) is -1.14. The molecule has 2 N–H and O–H groups in total. The number of aromatic nitrogens is 4. The van der Waals surface area contributed by atoms with Crippen molar-refractivity contribution in [3.63, 3.8) is 0 Å². The Morgan fingerprint density at radius 3 is 1.96 bits per heavy atom. The van der Waals surface area contributed by atoms with E-state index < -0.39 is 23.7 Å². The van der Waals surface area contributed by atoms with Crippen LogP contribution in [0, 0.1) is 0 Å². The number of hydrogen-bond acceptors (Lipinski definition) is 4. The number of alkyl halides is 3. The number of anilines is 2. The maximum atomic E-state index is 12.7. The molecule has 8 nitrogen and oxygen atoms in total. The zero-order valence-corrected chi connectivity index (χ0v) is 14.8. The van der Waals surface area contributed by atoms with Crippen LogP contribution in [0.15, 0.2) is 42.6 Å². The predicted octanol–water partition coefficient (Wildman–Crippen LogP) is 2.68. The second-order valence-corrected chi connectivity index (χ2v) is 5.90. The van der Waals surface area contributed by atoms with Gasteiger partial charge in [0.05, 0.1) is 0 Å². The molecule has 0 aliphatic heterocycles. The van der Waals surface area contributed by atoms with Crippen molar-refractivity contribution in [2.75, 3.05) is 10.6 Å². The molecule has 0 saturated carbocycles. The highest BCUT2D eigenvalue weighted by Crippen LogP contribution is 2.28. The van der Waals surface area contributed by atoms with Crippen molar-refractivity contribution >= 4 is 23.2 Å². The maximum Gasteiger partial charge on any atom is 0.435 e.